The molecule has 0 spiro atoms. The first-order valence-corrected chi connectivity index (χ1v) is 4.41. The Morgan fingerprint density at radius 1 is 1.27 bits per heavy atom. The third-order valence-electron chi connectivity index (χ3n) is 2.61. The molecule has 4 N–H and O–H groups in total. The van der Waals surface area contributed by atoms with Crippen molar-refractivity contribution in [2.24, 2.45) is 11.5 Å². The highest BCUT2D eigenvalue weighted by Crippen LogP contribution is 2.33. The van der Waals surface area contributed by atoms with Crippen LogP contribution < -0.4 is 11.5 Å². The second kappa shape index (κ2) is 2.95. The number of hydrogen-bond donors (Lipinski definition) is 2. The first-order valence-electron chi connectivity index (χ1n) is 4.41. The molecule has 0 saturated carbocycles. The largest absolute Gasteiger partial charge is 0.310 e. The minimum absolute atomic E-state index is 0.486. The molecule has 1 aliphatic rings. The Hall–Kier alpha value is -0.340. The van der Waals surface area contributed by atoms with Gasteiger partial charge in [0.15, 0.2) is 0 Å². The Labute approximate surface area is 68.6 Å². The fourth-order valence-electron chi connectivity index (χ4n) is 1.96. The maximum atomic E-state index is 5.92. The van der Waals surface area contributed by atoms with Gasteiger partial charge in [0.05, 0.1) is 5.66 Å². The molecule has 0 atom stereocenters. The van der Waals surface area contributed by atoms with Gasteiger partial charge in [-0.05, 0) is 31.3 Å². The molecule has 0 heterocycles. The highest BCUT2D eigenvalue weighted by Gasteiger charge is 2.31. The van der Waals surface area contributed by atoms with E-state index in [4.69, 9.17) is 11.5 Å². The minimum Gasteiger partial charge on any atom is -0.310 e. The van der Waals surface area contributed by atoms with E-state index in [1.54, 1.807) is 0 Å². The van der Waals surface area contributed by atoms with E-state index in [0.29, 0.717) is 0 Å². The fourth-order valence-corrected chi connectivity index (χ4v) is 1.96. The summed E-state index contributed by atoms with van der Waals surface area (Å²) in [7, 11) is 0. The molecule has 0 aromatic carbocycles. The van der Waals surface area contributed by atoms with Crippen LogP contribution in [-0.2, 0) is 0 Å². The van der Waals surface area contributed by atoms with Gasteiger partial charge >= 0.3 is 0 Å². The molecule has 0 radical (unpaired) electrons. The molecule has 11 heavy (non-hydrogen) atoms. The third kappa shape index (κ3) is 1.47. The quantitative estimate of drug-likeness (QED) is 0.468. The zero-order chi connectivity index (χ0) is 8.48. The molecule has 0 fully saturated rings. The van der Waals surface area contributed by atoms with E-state index in [0.717, 1.165) is 25.7 Å². The highest BCUT2D eigenvalue weighted by atomic mass is 15.0. The third-order valence-corrected chi connectivity index (χ3v) is 2.61. The SMILES string of the molecule is CCC1=C(CC)C(N)(N)CC1. The molecule has 0 aromatic heterocycles. The normalized spacial score (nSPS) is 22.9. The van der Waals surface area contributed by atoms with Crippen molar-refractivity contribution in [3.8, 4) is 0 Å². The van der Waals surface area contributed by atoms with Crippen molar-refractivity contribution in [1.29, 1.82) is 0 Å². The van der Waals surface area contributed by atoms with Crippen LogP contribution in [0.4, 0.5) is 0 Å². The van der Waals surface area contributed by atoms with Crippen LogP contribution in [0.1, 0.15) is 39.5 Å². The second-order valence-corrected chi connectivity index (χ2v) is 3.33. The molecule has 2 heteroatoms. The molecule has 2 nitrogen and oxygen atoms in total. The average Bonchev–Trinajstić information content (AvgIpc) is 2.24. The van der Waals surface area contributed by atoms with E-state index >= 15 is 0 Å². The second-order valence-electron chi connectivity index (χ2n) is 3.33. The van der Waals surface area contributed by atoms with Crippen molar-refractivity contribution in [1.82, 2.24) is 0 Å². The zero-order valence-electron chi connectivity index (χ0n) is 7.48. The Kier molecular flexibility index (Phi) is 2.35. The van der Waals surface area contributed by atoms with Gasteiger partial charge in [-0.15, -0.1) is 0 Å². The lowest BCUT2D eigenvalue weighted by atomic mass is 10.00. The molecule has 0 unspecified atom stereocenters. The predicted octanol–water partition coefficient (Wildman–Crippen LogP) is 1.51. The van der Waals surface area contributed by atoms with E-state index in [-0.39, 0.29) is 0 Å². The predicted molar refractivity (Wildman–Crippen MR) is 47.9 cm³/mol. The summed E-state index contributed by atoms with van der Waals surface area (Å²) in [5, 5.41) is 0. The first-order chi connectivity index (χ1) is 5.11. The van der Waals surface area contributed by atoms with Crippen LogP contribution >= 0.6 is 0 Å². The van der Waals surface area contributed by atoms with E-state index in [1.807, 2.05) is 0 Å². The van der Waals surface area contributed by atoms with E-state index in [9.17, 15) is 0 Å². The van der Waals surface area contributed by atoms with Crippen LogP contribution in [0.5, 0.6) is 0 Å². The van der Waals surface area contributed by atoms with Gasteiger partial charge in [0.1, 0.15) is 0 Å². The number of allylic oxidation sites excluding steroid dienone is 1. The van der Waals surface area contributed by atoms with Crippen molar-refractivity contribution >= 4 is 0 Å². The topological polar surface area (TPSA) is 52.0 Å². The average molecular weight is 154 g/mol. The summed E-state index contributed by atoms with van der Waals surface area (Å²) in [6.45, 7) is 4.30. The van der Waals surface area contributed by atoms with E-state index < -0.39 is 5.66 Å². The lowest BCUT2D eigenvalue weighted by Gasteiger charge is -2.21. The molecule has 0 aliphatic heterocycles. The van der Waals surface area contributed by atoms with Crippen molar-refractivity contribution in [3.63, 3.8) is 0 Å². The maximum Gasteiger partial charge on any atom is 0.0863 e. The van der Waals surface area contributed by atoms with Gasteiger partial charge in [0, 0.05) is 0 Å². The van der Waals surface area contributed by atoms with Crippen molar-refractivity contribution in [2.45, 2.75) is 45.2 Å². The van der Waals surface area contributed by atoms with Crippen molar-refractivity contribution < 1.29 is 0 Å². The van der Waals surface area contributed by atoms with Gasteiger partial charge in [-0.1, -0.05) is 19.4 Å². The smallest absolute Gasteiger partial charge is 0.0863 e. The van der Waals surface area contributed by atoms with Gasteiger partial charge in [0.25, 0.3) is 0 Å². The lowest BCUT2D eigenvalue weighted by molar-refractivity contribution is 0.503. The highest BCUT2D eigenvalue weighted by molar-refractivity contribution is 5.29. The molecule has 0 bridgehead atoms. The van der Waals surface area contributed by atoms with Crippen LogP contribution in [0.3, 0.4) is 0 Å². The lowest BCUT2D eigenvalue weighted by Crippen LogP contribution is -2.48. The Morgan fingerprint density at radius 3 is 2.27 bits per heavy atom. The summed E-state index contributed by atoms with van der Waals surface area (Å²) in [5.74, 6) is 0. The Morgan fingerprint density at radius 2 is 1.91 bits per heavy atom. The van der Waals surface area contributed by atoms with Gasteiger partial charge in [-0.25, -0.2) is 0 Å². The molecule has 1 rings (SSSR count). The Bertz CT molecular complexity index is 180. The molecule has 1 aliphatic carbocycles. The van der Waals surface area contributed by atoms with E-state index in [1.165, 1.54) is 11.1 Å². The first kappa shape index (κ1) is 8.75. The number of nitrogens with two attached hydrogens (primary N) is 2. The van der Waals surface area contributed by atoms with Gasteiger partial charge in [0.2, 0.25) is 0 Å². The standard InChI is InChI=1S/C9H18N2/c1-3-7-5-6-9(10,11)8(7)4-2/h3-6,10-11H2,1-2H3. The van der Waals surface area contributed by atoms with Crippen molar-refractivity contribution in [2.75, 3.05) is 0 Å². The van der Waals surface area contributed by atoms with Gasteiger partial charge in [-0.2, -0.15) is 0 Å². The van der Waals surface area contributed by atoms with E-state index in [2.05, 4.69) is 13.8 Å². The molecule has 0 amide bonds. The number of hydrogen-bond acceptors (Lipinski definition) is 2. The molecule has 0 aromatic rings. The fraction of sp³-hybridized carbons (Fsp3) is 0.778. The van der Waals surface area contributed by atoms with Crippen LogP contribution in [0.25, 0.3) is 0 Å². The summed E-state index contributed by atoms with van der Waals surface area (Å²) in [4.78, 5) is 0. The summed E-state index contributed by atoms with van der Waals surface area (Å²) in [6.07, 6.45) is 4.15. The molecular weight excluding hydrogens is 136 g/mol. The van der Waals surface area contributed by atoms with Crippen molar-refractivity contribution in [3.05, 3.63) is 11.1 Å². The van der Waals surface area contributed by atoms with Crippen LogP contribution in [0.15, 0.2) is 11.1 Å². The summed E-state index contributed by atoms with van der Waals surface area (Å²) < 4.78 is 0. The summed E-state index contributed by atoms with van der Waals surface area (Å²) >= 11 is 0. The number of rotatable bonds is 2. The summed E-state index contributed by atoms with van der Waals surface area (Å²) in [5.41, 5.74) is 14.1. The molecule has 0 saturated heterocycles. The van der Waals surface area contributed by atoms with Gasteiger partial charge < -0.3 is 11.5 Å². The van der Waals surface area contributed by atoms with Gasteiger partial charge in [-0.3, -0.25) is 0 Å². The minimum atomic E-state index is -0.486. The Balaban J connectivity index is 2.88. The zero-order valence-corrected chi connectivity index (χ0v) is 7.48. The van der Waals surface area contributed by atoms with Crippen LogP contribution in [0.2, 0.25) is 0 Å². The van der Waals surface area contributed by atoms with Crippen LogP contribution in [-0.4, -0.2) is 5.66 Å². The molecular formula is C9H18N2. The maximum absolute atomic E-state index is 5.92. The summed E-state index contributed by atoms with van der Waals surface area (Å²) in [6, 6.07) is 0. The van der Waals surface area contributed by atoms with Crippen LogP contribution in [0, 0.1) is 0 Å². The molecule has 64 valence electrons. The monoisotopic (exact) mass is 154 g/mol.